The summed E-state index contributed by atoms with van der Waals surface area (Å²) in [7, 11) is 2.65. The molecule has 0 bridgehead atoms. The number of fused-ring (bicyclic) bond motifs is 1. The Kier molecular flexibility index (Phi) is 6.71. The molecule has 2 atom stereocenters. The number of hydrogen-bond donors (Lipinski definition) is 1. The van der Waals surface area contributed by atoms with Gasteiger partial charge >= 0.3 is 12.4 Å². The highest BCUT2D eigenvalue weighted by Gasteiger charge is 2.52. The van der Waals surface area contributed by atoms with Gasteiger partial charge in [0.15, 0.2) is 0 Å². The zero-order chi connectivity index (χ0) is 25.5. The second kappa shape index (κ2) is 8.94. The van der Waals surface area contributed by atoms with Crippen molar-refractivity contribution in [2.75, 3.05) is 27.3 Å². The lowest BCUT2D eigenvalue weighted by Gasteiger charge is -2.48. The van der Waals surface area contributed by atoms with Crippen LogP contribution in [0.2, 0.25) is 0 Å². The van der Waals surface area contributed by atoms with Crippen molar-refractivity contribution in [3.05, 3.63) is 70.3 Å². The highest BCUT2D eigenvalue weighted by molar-refractivity contribution is 6.02. The molecule has 0 saturated carbocycles. The van der Waals surface area contributed by atoms with Crippen LogP contribution in [0.5, 0.6) is 0 Å². The van der Waals surface area contributed by atoms with Gasteiger partial charge in [-0.05, 0) is 42.3 Å². The van der Waals surface area contributed by atoms with Gasteiger partial charge in [0, 0.05) is 26.3 Å². The van der Waals surface area contributed by atoms with Crippen molar-refractivity contribution in [3.63, 3.8) is 0 Å². The van der Waals surface area contributed by atoms with Gasteiger partial charge in [0.05, 0.1) is 29.2 Å². The number of carbonyl (C=O) groups excluding carboxylic acids is 2. The first-order valence-electron chi connectivity index (χ1n) is 10.2. The SMILES string of the molecule is COCCNC(=O)C1c2ccccc2C(=O)N(C)C1(C)c1cc(C(F)(F)F)cc(C(F)(F)F)c1. The highest BCUT2D eigenvalue weighted by atomic mass is 19.4. The van der Waals surface area contributed by atoms with Crippen LogP contribution in [0, 0.1) is 0 Å². The number of alkyl halides is 6. The first-order chi connectivity index (χ1) is 15.7. The molecule has 2 amide bonds. The molecule has 1 aliphatic heterocycles. The van der Waals surface area contributed by atoms with Crippen LogP contribution in [0.15, 0.2) is 42.5 Å². The number of ether oxygens (including phenoxy) is 1. The minimum Gasteiger partial charge on any atom is -0.383 e. The van der Waals surface area contributed by atoms with E-state index in [-0.39, 0.29) is 30.3 Å². The van der Waals surface area contributed by atoms with E-state index < -0.39 is 52.3 Å². The summed E-state index contributed by atoms with van der Waals surface area (Å²) in [5.74, 6) is -2.60. The Morgan fingerprint density at radius 3 is 2.15 bits per heavy atom. The van der Waals surface area contributed by atoms with Crippen LogP contribution in [-0.2, 0) is 27.4 Å². The van der Waals surface area contributed by atoms with Crippen LogP contribution in [-0.4, -0.2) is 44.0 Å². The molecular weight excluding hydrogens is 466 g/mol. The molecular formula is C23H22F6N2O3. The van der Waals surface area contributed by atoms with Crippen LogP contribution < -0.4 is 5.32 Å². The molecule has 0 aliphatic carbocycles. The van der Waals surface area contributed by atoms with E-state index in [4.69, 9.17) is 4.74 Å². The van der Waals surface area contributed by atoms with Crippen LogP contribution in [0.1, 0.15) is 45.5 Å². The quantitative estimate of drug-likeness (QED) is 0.496. The van der Waals surface area contributed by atoms with E-state index in [1.54, 1.807) is 12.1 Å². The van der Waals surface area contributed by atoms with Crippen molar-refractivity contribution in [3.8, 4) is 0 Å². The molecule has 0 saturated heterocycles. The molecule has 1 N–H and O–H groups in total. The molecule has 5 nitrogen and oxygen atoms in total. The van der Waals surface area contributed by atoms with Crippen LogP contribution in [0.3, 0.4) is 0 Å². The topological polar surface area (TPSA) is 58.6 Å². The monoisotopic (exact) mass is 488 g/mol. The number of rotatable bonds is 5. The number of nitrogens with one attached hydrogen (secondary N) is 1. The largest absolute Gasteiger partial charge is 0.416 e. The van der Waals surface area contributed by atoms with Gasteiger partial charge in [-0.25, -0.2) is 0 Å². The van der Waals surface area contributed by atoms with Gasteiger partial charge in [0.25, 0.3) is 5.91 Å². The van der Waals surface area contributed by atoms with Gasteiger partial charge in [-0.15, -0.1) is 0 Å². The second-order valence-corrected chi connectivity index (χ2v) is 8.11. The van der Waals surface area contributed by atoms with Crippen LogP contribution in [0.25, 0.3) is 0 Å². The normalized spacial score (nSPS) is 20.8. The highest BCUT2D eigenvalue weighted by Crippen LogP contribution is 2.49. The zero-order valence-electron chi connectivity index (χ0n) is 18.5. The number of halogens is 6. The third kappa shape index (κ3) is 4.48. The number of benzene rings is 2. The smallest absolute Gasteiger partial charge is 0.383 e. The molecule has 0 radical (unpaired) electrons. The molecule has 2 unspecified atom stereocenters. The lowest BCUT2D eigenvalue weighted by molar-refractivity contribution is -0.143. The van der Waals surface area contributed by atoms with Crippen LogP contribution >= 0.6 is 0 Å². The molecule has 1 aliphatic rings. The summed E-state index contributed by atoms with van der Waals surface area (Å²) >= 11 is 0. The summed E-state index contributed by atoms with van der Waals surface area (Å²) in [4.78, 5) is 27.4. The van der Waals surface area contributed by atoms with Crippen molar-refractivity contribution in [2.45, 2.75) is 30.7 Å². The fourth-order valence-electron chi connectivity index (χ4n) is 4.21. The Morgan fingerprint density at radius 1 is 1.06 bits per heavy atom. The first-order valence-corrected chi connectivity index (χ1v) is 10.2. The Morgan fingerprint density at radius 2 is 1.62 bits per heavy atom. The maximum atomic E-state index is 13.6. The van der Waals surface area contributed by atoms with Gasteiger partial charge in [-0.1, -0.05) is 18.2 Å². The summed E-state index contributed by atoms with van der Waals surface area (Å²) in [6, 6.07) is 7.15. The maximum absolute atomic E-state index is 13.6. The number of hydrogen-bond acceptors (Lipinski definition) is 3. The summed E-state index contributed by atoms with van der Waals surface area (Å²) in [6.07, 6.45) is -10.2. The van der Waals surface area contributed by atoms with Gasteiger partial charge in [-0.2, -0.15) is 26.3 Å². The van der Waals surface area contributed by atoms with E-state index in [1.807, 2.05) is 0 Å². The number of nitrogens with zero attached hydrogens (tertiary/aromatic N) is 1. The maximum Gasteiger partial charge on any atom is 0.416 e. The number of amides is 2. The van der Waals surface area contributed by atoms with Crippen molar-refractivity contribution < 1.29 is 40.7 Å². The van der Waals surface area contributed by atoms with Crippen molar-refractivity contribution in [1.82, 2.24) is 10.2 Å². The van der Waals surface area contributed by atoms with E-state index in [2.05, 4.69) is 5.32 Å². The van der Waals surface area contributed by atoms with E-state index >= 15 is 0 Å². The summed E-state index contributed by atoms with van der Waals surface area (Å²) in [6.45, 7) is 1.47. The van der Waals surface area contributed by atoms with E-state index in [1.165, 1.54) is 33.2 Å². The molecule has 2 aromatic rings. The van der Waals surface area contributed by atoms with Gasteiger partial charge < -0.3 is 15.0 Å². The summed E-state index contributed by atoms with van der Waals surface area (Å²) in [5.41, 5.74) is -5.06. The third-order valence-corrected chi connectivity index (χ3v) is 6.11. The lowest BCUT2D eigenvalue weighted by Crippen LogP contribution is -2.57. The van der Waals surface area contributed by atoms with Crippen molar-refractivity contribution in [2.24, 2.45) is 0 Å². The fraction of sp³-hybridized carbons (Fsp3) is 0.391. The summed E-state index contributed by atoms with van der Waals surface area (Å²) < 4.78 is 86.3. The van der Waals surface area contributed by atoms with Crippen molar-refractivity contribution >= 4 is 11.8 Å². The lowest BCUT2D eigenvalue weighted by atomic mass is 9.69. The molecule has 34 heavy (non-hydrogen) atoms. The molecule has 3 rings (SSSR count). The molecule has 0 aromatic heterocycles. The predicted molar refractivity (Wildman–Crippen MR) is 110 cm³/mol. The van der Waals surface area contributed by atoms with Crippen LogP contribution in [0.4, 0.5) is 26.3 Å². The zero-order valence-corrected chi connectivity index (χ0v) is 18.5. The third-order valence-electron chi connectivity index (χ3n) is 6.11. The fourth-order valence-corrected chi connectivity index (χ4v) is 4.21. The van der Waals surface area contributed by atoms with Gasteiger partial charge in [0.1, 0.15) is 0 Å². The molecule has 11 heteroatoms. The summed E-state index contributed by atoms with van der Waals surface area (Å²) in [5, 5.41) is 2.60. The Balaban J connectivity index is 2.30. The van der Waals surface area contributed by atoms with E-state index in [9.17, 15) is 35.9 Å². The number of carbonyl (C=O) groups is 2. The van der Waals surface area contributed by atoms with Crippen molar-refractivity contribution in [1.29, 1.82) is 0 Å². The Labute approximate surface area is 191 Å². The Bertz CT molecular complexity index is 1070. The van der Waals surface area contributed by atoms with Gasteiger partial charge in [-0.3, -0.25) is 9.59 Å². The molecule has 0 spiro atoms. The minimum atomic E-state index is -5.09. The van der Waals surface area contributed by atoms with E-state index in [0.717, 1.165) is 4.90 Å². The molecule has 2 aromatic carbocycles. The van der Waals surface area contributed by atoms with Gasteiger partial charge in [0.2, 0.25) is 5.91 Å². The van der Waals surface area contributed by atoms with E-state index in [0.29, 0.717) is 12.1 Å². The Hall–Kier alpha value is -3.08. The molecule has 0 fully saturated rings. The number of methoxy groups -OCH3 is 1. The average Bonchev–Trinajstić information content (AvgIpc) is 2.76. The molecule has 184 valence electrons. The number of likely N-dealkylation sites (N-methyl/N-ethyl adjacent to an activating group) is 1. The standard InChI is InChI=1S/C23H22F6N2O3/c1-21(13-10-14(22(24,25)26)12-15(11-13)23(27,28)29)18(19(32)30-8-9-34-3)16-6-4-5-7-17(16)20(33)31(21)2/h4-7,10-12,18H,8-9H2,1-3H3,(H,30,32). The minimum absolute atomic E-state index is 0.0130. The average molecular weight is 488 g/mol. The first kappa shape index (κ1) is 25.5. The second-order valence-electron chi connectivity index (χ2n) is 8.11. The molecule has 1 heterocycles. The predicted octanol–water partition coefficient (Wildman–Crippen LogP) is 4.57.